The molecule has 0 aliphatic carbocycles. The molecule has 0 aliphatic rings. The van der Waals surface area contributed by atoms with Gasteiger partial charge in [-0.25, -0.2) is 0 Å². The predicted molar refractivity (Wildman–Crippen MR) is 75.5 cm³/mol. The lowest BCUT2D eigenvalue weighted by Gasteiger charge is -2.14. The molecule has 0 saturated heterocycles. The normalized spacial score (nSPS) is 12.6. The van der Waals surface area contributed by atoms with E-state index in [1.807, 2.05) is 0 Å². The van der Waals surface area contributed by atoms with Gasteiger partial charge in [-0.15, -0.1) is 0 Å². The molecule has 1 unspecified atom stereocenters. The smallest absolute Gasteiger partial charge is 0.0216 e. The van der Waals surface area contributed by atoms with E-state index in [1.165, 1.54) is 16.7 Å². The van der Waals surface area contributed by atoms with Crippen molar-refractivity contribution in [3.8, 4) is 0 Å². The number of benzene rings is 1. The van der Waals surface area contributed by atoms with Crippen molar-refractivity contribution in [1.82, 2.24) is 5.32 Å². The van der Waals surface area contributed by atoms with Crippen LogP contribution in [-0.2, 0) is 13.0 Å². The van der Waals surface area contributed by atoms with Gasteiger partial charge in [-0.1, -0.05) is 24.3 Å². The van der Waals surface area contributed by atoms with Crippen LogP contribution in [0.25, 0.3) is 0 Å². The molecule has 2 aromatic rings. The summed E-state index contributed by atoms with van der Waals surface area (Å²) in [6.45, 7) is 5.40. The maximum absolute atomic E-state index is 3.57. The summed E-state index contributed by atoms with van der Waals surface area (Å²) in [6.07, 6.45) is 1.09. The summed E-state index contributed by atoms with van der Waals surface area (Å²) in [5.41, 5.74) is 4.21. The summed E-state index contributed by atoms with van der Waals surface area (Å²) >= 11 is 1.76. The van der Waals surface area contributed by atoms with E-state index < -0.39 is 0 Å². The van der Waals surface area contributed by atoms with Gasteiger partial charge in [0.05, 0.1) is 0 Å². The van der Waals surface area contributed by atoms with Gasteiger partial charge in [-0.05, 0) is 53.8 Å². The topological polar surface area (TPSA) is 12.0 Å². The average molecular weight is 245 g/mol. The van der Waals surface area contributed by atoms with E-state index in [0.717, 1.165) is 13.0 Å². The van der Waals surface area contributed by atoms with Crippen LogP contribution in [0.1, 0.15) is 23.6 Å². The van der Waals surface area contributed by atoms with Gasteiger partial charge < -0.3 is 5.32 Å². The van der Waals surface area contributed by atoms with Crippen LogP contribution in [0, 0.1) is 6.92 Å². The molecule has 0 aliphatic heterocycles. The lowest BCUT2D eigenvalue weighted by molar-refractivity contribution is 0.545. The Morgan fingerprint density at radius 2 is 2.06 bits per heavy atom. The molecule has 0 bridgehead atoms. The third-order valence-electron chi connectivity index (χ3n) is 3.02. The van der Waals surface area contributed by atoms with E-state index in [9.17, 15) is 0 Å². The lowest BCUT2D eigenvalue weighted by atomic mass is 10.0. The fourth-order valence-corrected chi connectivity index (χ4v) is 2.60. The van der Waals surface area contributed by atoms with Crippen molar-refractivity contribution in [2.75, 3.05) is 0 Å². The lowest BCUT2D eigenvalue weighted by Crippen LogP contribution is -2.27. The van der Waals surface area contributed by atoms with Crippen molar-refractivity contribution in [3.63, 3.8) is 0 Å². The van der Waals surface area contributed by atoms with Crippen molar-refractivity contribution in [2.45, 2.75) is 32.9 Å². The molecule has 1 aromatic heterocycles. The van der Waals surface area contributed by atoms with Gasteiger partial charge in [0.1, 0.15) is 0 Å². The Balaban J connectivity index is 1.85. The Morgan fingerprint density at radius 3 is 2.76 bits per heavy atom. The first kappa shape index (κ1) is 12.3. The molecule has 1 aromatic carbocycles. The van der Waals surface area contributed by atoms with E-state index in [2.05, 4.69) is 60.3 Å². The van der Waals surface area contributed by atoms with Gasteiger partial charge in [0, 0.05) is 12.6 Å². The third kappa shape index (κ3) is 3.69. The zero-order valence-electron chi connectivity index (χ0n) is 10.4. The number of aryl methyl sites for hydroxylation is 1. The molecule has 2 heteroatoms. The maximum atomic E-state index is 3.57. The zero-order chi connectivity index (χ0) is 12.1. The molecule has 0 saturated carbocycles. The summed E-state index contributed by atoms with van der Waals surface area (Å²) in [6, 6.07) is 11.3. The summed E-state index contributed by atoms with van der Waals surface area (Å²) in [7, 11) is 0. The minimum absolute atomic E-state index is 0.510. The fourth-order valence-electron chi connectivity index (χ4n) is 1.93. The van der Waals surface area contributed by atoms with Gasteiger partial charge in [0.15, 0.2) is 0 Å². The standard InChI is InChI=1S/C15H19NS/c1-12-5-3-4-6-15(12)9-13(2)16-10-14-7-8-17-11-14/h3-8,11,13,16H,9-10H2,1-2H3. The van der Waals surface area contributed by atoms with Crippen molar-refractivity contribution in [2.24, 2.45) is 0 Å². The third-order valence-corrected chi connectivity index (χ3v) is 3.75. The van der Waals surface area contributed by atoms with Crippen molar-refractivity contribution < 1.29 is 0 Å². The predicted octanol–water partition coefficient (Wildman–Crippen LogP) is 3.78. The van der Waals surface area contributed by atoms with Gasteiger partial charge in [-0.2, -0.15) is 11.3 Å². The Bertz CT molecular complexity index is 448. The van der Waals surface area contributed by atoms with Gasteiger partial charge >= 0.3 is 0 Å². The van der Waals surface area contributed by atoms with E-state index in [0.29, 0.717) is 6.04 Å². The SMILES string of the molecule is Cc1ccccc1CC(C)NCc1ccsc1. The molecule has 1 heterocycles. The first-order chi connectivity index (χ1) is 8.25. The van der Waals surface area contributed by atoms with Crippen LogP contribution in [0.4, 0.5) is 0 Å². The van der Waals surface area contributed by atoms with E-state index >= 15 is 0 Å². The van der Waals surface area contributed by atoms with E-state index in [1.54, 1.807) is 11.3 Å². The fraction of sp³-hybridized carbons (Fsp3) is 0.333. The average Bonchev–Trinajstić information content (AvgIpc) is 2.82. The zero-order valence-corrected chi connectivity index (χ0v) is 11.3. The van der Waals surface area contributed by atoms with Crippen LogP contribution in [0.2, 0.25) is 0 Å². The van der Waals surface area contributed by atoms with E-state index in [4.69, 9.17) is 0 Å². The molecule has 0 fully saturated rings. The molecule has 17 heavy (non-hydrogen) atoms. The number of nitrogens with one attached hydrogen (secondary N) is 1. The van der Waals surface area contributed by atoms with Crippen molar-refractivity contribution in [3.05, 3.63) is 57.8 Å². The van der Waals surface area contributed by atoms with Crippen LogP contribution >= 0.6 is 11.3 Å². The molecule has 1 atom stereocenters. The maximum Gasteiger partial charge on any atom is 0.0216 e. The Labute approximate surface area is 108 Å². The second kappa shape index (κ2) is 5.99. The first-order valence-electron chi connectivity index (χ1n) is 6.04. The van der Waals surface area contributed by atoms with Crippen LogP contribution < -0.4 is 5.32 Å². The largest absolute Gasteiger partial charge is 0.310 e. The van der Waals surface area contributed by atoms with Crippen LogP contribution in [0.5, 0.6) is 0 Å². The second-order valence-electron chi connectivity index (χ2n) is 4.54. The first-order valence-corrected chi connectivity index (χ1v) is 6.99. The number of thiophene rings is 1. The molecule has 2 rings (SSSR count). The van der Waals surface area contributed by atoms with Gasteiger partial charge in [0.2, 0.25) is 0 Å². The molecule has 0 radical (unpaired) electrons. The highest BCUT2D eigenvalue weighted by Crippen LogP contribution is 2.10. The molecule has 0 spiro atoms. The Hall–Kier alpha value is -1.12. The minimum Gasteiger partial charge on any atom is -0.310 e. The van der Waals surface area contributed by atoms with Gasteiger partial charge in [0.25, 0.3) is 0 Å². The minimum atomic E-state index is 0.510. The van der Waals surface area contributed by atoms with Gasteiger partial charge in [-0.3, -0.25) is 0 Å². The van der Waals surface area contributed by atoms with Crippen molar-refractivity contribution >= 4 is 11.3 Å². The van der Waals surface area contributed by atoms with Crippen LogP contribution in [0.15, 0.2) is 41.1 Å². The molecule has 0 amide bonds. The van der Waals surface area contributed by atoms with Crippen molar-refractivity contribution in [1.29, 1.82) is 0 Å². The summed E-state index contributed by atoms with van der Waals surface area (Å²) in [5, 5.41) is 7.90. The molecule has 90 valence electrons. The molecule has 1 nitrogen and oxygen atoms in total. The number of rotatable bonds is 5. The second-order valence-corrected chi connectivity index (χ2v) is 5.32. The summed E-state index contributed by atoms with van der Waals surface area (Å²) in [5.74, 6) is 0. The quantitative estimate of drug-likeness (QED) is 0.845. The molecule has 1 N–H and O–H groups in total. The number of hydrogen-bond donors (Lipinski definition) is 1. The highest BCUT2D eigenvalue weighted by molar-refractivity contribution is 7.07. The highest BCUT2D eigenvalue weighted by atomic mass is 32.1. The Morgan fingerprint density at radius 1 is 1.24 bits per heavy atom. The van der Waals surface area contributed by atoms with Crippen LogP contribution in [0.3, 0.4) is 0 Å². The monoisotopic (exact) mass is 245 g/mol. The number of hydrogen-bond acceptors (Lipinski definition) is 2. The summed E-state index contributed by atoms with van der Waals surface area (Å²) in [4.78, 5) is 0. The van der Waals surface area contributed by atoms with Crippen LogP contribution in [-0.4, -0.2) is 6.04 Å². The highest BCUT2D eigenvalue weighted by Gasteiger charge is 2.05. The molecular weight excluding hydrogens is 226 g/mol. The van der Waals surface area contributed by atoms with E-state index in [-0.39, 0.29) is 0 Å². The molecular formula is C15H19NS. The summed E-state index contributed by atoms with van der Waals surface area (Å²) < 4.78 is 0. The Kier molecular flexibility index (Phi) is 4.35.